The molecule has 0 aromatic heterocycles. The standard InChI is InChI=1S/C23H38N8O5/c1-13(2)12-18(30-22(34)19(24)14(3)4)21(33)29-17(6-5-11-27-23(25)26)20(32)28-15-7-9-16(10-8-15)31(35)36/h7-10,13-14,17-19H,5-6,11-12,24H2,1-4H3,(H,28,32)(H,29,33)(H,30,34)(H4,25,26,27)/t17-,18-,19-/m1/s1. The number of nitro benzene ring substituents is 1. The molecule has 0 aliphatic rings. The van der Waals surface area contributed by atoms with Crippen LogP contribution in [0.1, 0.15) is 47.0 Å². The number of hydrogen-bond acceptors (Lipinski definition) is 7. The second-order valence-electron chi connectivity index (χ2n) is 9.26. The van der Waals surface area contributed by atoms with Crippen LogP contribution < -0.4 is 33.2 Å². The summed E-state index contributed by atoms with van der Waals surface area (Å²) in [6.45, 7) is 7.66. The summed E-state index contributed by atoms with van der Waals surface area (Å²) in [5, 5.41) is 18.9. The van der Waals surface area contributed by atoms with Crippen LogP contribution in [0.25, 0.3) is 0 Å². The Morgan fingerprint density at radius 3 is 2.06 bits per heavy atom. The van der Waals surface area contributed by atoms with E-state index in [0.717, 1.165) is 0 Å². The molecule has 3 atom stereocenters. The van der Waals surface area contributed by atoms with Gasteiger partial charge in [0.25, 0.3) is 5.69 Å². The number of guanidine groups is 1. The summed E-state index contributed by atoms with van der Waals surface area (Å²) in [4.78, 5) is 52.9. The first-order valence-electron chi connectivity index (χ1n) is 11.8. The van der Waals surface area contributed by atoms with Gasteiger partial charge in [0.1, 0.15) is 12.1 Å². The number of hydrogen-bond donors (Lipinski definition) is 6. The molecule has 0 unspecified atom stereocenters. The van der Waals surface area contributed by atoms with Crippen LogP contribution in [0.15, 0.2) is 29.3 Å². The Morgan fingerprint density at radius 1 is 0.972 bits per heavy atom. The quantitative estimate of drug-likeness (QED) is 0.0687. The van der Waals surface area contributed by atoms with Crippen molar-refractivity contribution in [3.05, 3.63) is 34.4 Å². The lowest BCUT2D eigenvalue weighted by Gasteiger charge is -2.26. The second kappa shape index (κ2) is 14.6. The summed E-state index contributed by atoms with van der Waals surface area (Å²) in [5.74, 6) is -1.65. The lowest BCUT2D eigenvalue weighted by atomic mass is 10.00. The summed E-state index contributed by atoms with van der Waals surface area (Å²) < 4.78 is 0. The molecule has 13 nitrogen and oxygen atoms in total. The van der Waals surface area contributed by atoms with Crippen molar-refractivity contribution in [2.45, 2.75) is 65.1 Å². The van der Waals surface area contributed by atoms with Crippen LogP contribution in [-0.2, 0) is 14.4 Å². The van der Waals surface area contributed by atoms with Crippen molar-refractivity contribution in [1.82, 2.24) is 10.6 Å². The number of anilines is 1. The van der Waals surface area contributed by atoms with E-state index in [1.54, 1.807) is 13.8 Å². The molecule has 9 N–H and O–H groups in total. The summed E-state index contributed by atoms with van der Waals surface area (Å²) in [5.41, 5.74) is 16.8. The maximum absolute atomic E-state index is 13.1. The first-order chi connectivity index (χ1) is 16.8. The number of nitrogens with two attached hydrogens (primary N) is 3. The van der Waals surface area contributed by atoms with E-state index in [2.05, 4.69) is 20.9 Å². The fraction of sp³-hybridized carbons (Fsp3) is 0.565. The number of non-ortho nitro benzene ring substituents is 1. The smallest absolute Gasteiger partial charge is 0.269 e. The molecule has 1 aromatic rings. The van der Waals surface area contributed by atoms with Crippen LogP contribution in [0.4, 0.5) is 11.4 Å². The Labute approximate surface area is 210 Å². The van der Waals surface area contributed by atoms with Crippen molar-refractivity contribution in [3.8, 4) is 0 Å². The summed E-state index contributed by atoms with van der Waals surface area (Å²) >= 11 is 0. The number of nitrogens with zero attached hydrogens (tertiary/aromatic N) is 2. The van der Waals surface area contributed by atoms with Crippen LogP contribution >= 0.6 is 0 Å². The van der Waals surface area contributed by atoms with E-state index in [4.69, 9.17) is 17.2 Å². The van der Waals surface area contributed by atoms with Crippen LogP contribution in [0.3, 0.4) is 0 Å². The zero-order valence-corrected chi connectivity index (χ0v) is 21.2. The second-order valence-corrected chi connectivity index (χ2v) is 9.26. The lowest BCUT2D eigenvalue weighted by molar-refractivity contribution is -0.384. The third-order valence-electron chi connectivity index (χ3n) is 5.29. The van der Waals surface area contributed by atoms with Gasteiger partial charge in [0.05, 0.1) is 11.0 Å². The highest BCUT2D eigenvalue weighted by atomic mass is 16.6. The van der Waals surface area contributed by atoms with E-state index >= 15 is 0 Å². The number of carbonyl (C=O) groups excluding carboxylic acids is 3. The van der Waals surface area contributed by atoms with Gasteiger partial charge in [-0.15, -0.1) is 0 Å². The highest BCUT2D eigenvalue weighted by molar-refractivity contribution is 5.98. The van der Waals surface area contributed by atoms with Crippen LogP contribution in [0.5, 0.6) is 0 Å². The molecule has 0 saturated carbocycles. The van der Waals surface area contributed by atoms with Crippen molar-refractivity contribution in [1.29, 1.82) is 0 Å². The van der Waals surface area contributed by atoms with Gasteiger partial charge in [-0.1, -0.05) is 27.7 Å². The minimum absolute atomic E-state index is 0.0746. The Balaban J connectivity index is 3.03. The lowest BCUT2D eigenvalue weighted by Crippen LogP contribution is -2.56. The van der Waals surface area contributed by atoms with E-state index in [9.17, 15) is 24.5 Å². The molecular weight excluding hydrogens is 468 g/mol. The molecule has 13 heteroatoms. The van der Waals surface area contributed by atoms with E-state index < -0.39 is 40.8 Å². The van der Waals surface area contributed by atoms with Crippen LogP contribution in [0.2, 0.25) is 0 Å². The highest BCUT2D eigenvalue weighted by Crippen LogP contribution is 2.16. The van der Waals surface area contributed by atoms with E-state index in [0.29, 0.717) is 18.5 Å². The summed E-state index contributed by atoms with van der Waals surface area (Å²) in [7, 11) is 0. The number of amides is 3. The van der Waals surface area contributed by atoms with Gasteiger partial charge in [-0.05, 0) is 43.2 Å². The molecule has 36 heavy (non-hydrogen) atoms. The first kappa shape index (κ1) is 30.3. The van der Waals surface area contributed by atoms with Crippen LogP contribution in [0, 0.1) is 22.0 Å². The SMILES string of the molecule is CC(C)C[C@@H](NC(=O)[C@H](N)C(C)C)C(=O)N[C@H](CCCN=C(N)N)C(=O)Nc1ccc([N+](=O)[O-])cc1. The van der Waals surface area contributed by atoms with Crippen molar-refractivity contribution in [3.63, 3.8) is 0 Å². The van der Waals surface area contributed by atoms with Gasteiger partial charge in [-0.25, -0.2) is 0 Å². The Kier molecular flexibility index (Phi) is 12.3. The third kappa shape index (κ3) is 10.7. The fourth-order valence-corrected chi connectivity index (χ4v) is 3.21. The first-order valence-corrected chi connectivity index (χ1v) is 11.8. The number of rotatable bonds is 14. The predicted octanol–water partition coefficient (Wildman–Crippen LogP) is 0.586. The van der Waals surface area contributed by atoms with Crippen molar-refractivity contribution in [2.75, 3.05) is 11.9 Å². The Morgan fingerprint density at radius 2 is 1.56 bits per heavy atom. The van der Waals surface area contributed by atoms with Gasteiger partial charge in [0, 0.05) is 24.4 Å². The van der Waals surface area contributed by atoms with Gasteiger partial charge in [0.15, 0.2) is 5.96 Å². The number of nitro groups is 1. The Hall–Kier alpha value is -3.74. The number of benzene rings is 1. The average molecular weight is 507 g/mol. The van der Waals surface area contributed by atoms with E-state index in [-0.39, 0.29) is 36.4 Å². The van der Waals surface area contributed by atoms with Gasteiger partial charge in [-0.2, -0.15) is 0 Å². The molecule has 0 spiro atoms. The molecule has 200 valence electrons. The molecule has 0 heterocycles. The van der Waals surface area contributed by atoms with Crippen LogP contribution in [-0.4, -0.2) is 53.3 Å². The topological polar surface area (TPSA) is 221 Å². The monoisotopic (exact) mass is 506 g/mol. The van der Waals surface area contributed by atoms with Gasteiger partial charge >= 0.3 is 0 Å². The fourth-order valence-electron chi connectivity index (χ4n) is 3.21. The molecule has 1 aromatic carbocycles. The zero-order chi connectivity index (χ0) is 27.4. The molecule has 0 fully saturated rings. The van der Waals surface area contributed by atoms with Gasteiger partial charge in [-0.3, -0.25) is 29.5 Å². The van der Waals surface area contributed by atoms with Crippen molar-refractivity contribution in [2.24, 2.45) is 34.0 Å². The predicted molar refractivity (Wildman–Crippen MR) is 138 cm³/mol. The van der Waals surface area contributed by atoms with E-state index in [1.807, 2.05) is 13.8 Å². The summed E-state index contributed by atoms with van der Waals surface area (Å²) in [6, 6.07) is 2.64. The third-order valence-corrected chi connectivity index (χ3v) is 5.29. The van der Waals surface area contributed by atoms with Crippen molar-refractivity contribution >= 4 is 35.1 Å². The maximum atomic E-state index is 13.1. The highest BCUT2D eigenvalue weighted by Gasteiger charge is 2.29. The maximum Gasteiger partial charge on any atom is 0.269 e. The molecule has 0 saturated heterocycles. The molecule has 0 bridgehead atoms. The molecule has 0 radical (unpaired) electrons. The average Bonchev–Trinajstić information content (AvgIpc) is 2.79. The minimum Gasteiger partial charge on any atom is -0.370 e. The molecular formula is C23H38N8O5. The molecule has 3 amide bonds. The number of nitrogens with one attached hydrogen (secondary N) is 3. The van der Waals surface area contributed by atoms with Gasteiger partial charge < -0.3 is 33.2 Å². The minimum atomic E-state index is -0.979. The van der Waals surface area contributed by atoms with Gasteiger partial charge in [0.2, 0.25) is 17.7 Å². The zero-order valence-electron chi connectivity index (χ0n) is 21.2. The molecule has 1 rings (SSSR count). The normalized spacial score (nSPS) is 13.4. The molecule has 0 aliphatic heterocycles. The van der Waals surface area contributed by atoms with Crippen molar-refractivity contribution < 1.29 is 19.3 Å². The van der Waals surface area contributed by atoms with E-state index in [1.165, 1.54) is 24.3 Å². The number of carbonyl (C=O) groups is 3. The number of aliphatic imine (C=N–C) groups is 1. The molecule has 0 aliphatic carbocycles. The largest absolute Gasteiger partial charge is 0.370 e. The Bertz CT molecular complexity index is 929. The summed E-state index contributed by atoms with van der Waals surface area (Å²) in [6.07, 6.45) is 0.929.